The van der Waals surface area contributed by atoms with Crippen LogP contribution in [0.4, 0.5) is 0 Å². The smallest absolute Gasteiger partial charge is 0.138 e. The minimum absolute atomic E-state index is 0.0419. The third kappa shape index (κ3) is 1.89. The van der Waals surface area contributed by atoms with Crippen molar-refractivity contribution in [3.05, 3.63) is 23.3 Å². The van der Waals surface area contributed by atoms with Crippen LogP contribution in [0.5, 0.6) is 11.5 Å². The summed E-state index contributed by atoms with van der Waals surface area (Å²) in [5, 5.41) is 22.1. The molecule has 2 aliphatic heterocycles. The van der Waals surface area contributed by atoms with Gasteiger partial charge in [-0.2, -0.15) is 0 Å². The molecule has 2 heterocycles. The highest BCUT2D eigenvalue weighted by Gasteiger charge is 2.81. The summed E-state index contributed by atoms with van der Waals surface area (Å²) in [7, 11) is 4.09. The zero-order valence-corrected chi connectivity index (χ0v) is 18.7. The van der Waals surface area contributed by atoms with E-state index in [1.54, 1.807) is 0 Å². The molecule has 1 aromatic rings. The van der Waals surface area contributed by atoms with Gasteiger partial charge in [0.15, 0.2) is 0 Å². The van der Waals surface area contributed by atoms with Crippen molar-refractivity contribution >= 4 is 0 Å². The Hall–Kier alpha value is -1.30. The lowest BCUT2D eigenvalue weighted by Gasteiger charge is -2.74. The predicted molar refractivity (Wildman–Crippen MR) is 114 cm³/mol. The van der Waals surface area contributed by atoms with Crippen LogP contribution in [0.3, 0.4) is 0 Å². The van der Waals surface area contributed by atoms with Gasteiger partial charge in [-0.1, -0.05) is 13.3 Å². The predicted octanol–water partition coefficient (Wildman–Crippen LogP) is 3.39. The fraction of sp³-hybridized carbons (Fsp3) is 0.760. The first kappa shape index (κ1) is 19.4. The molecule has 4 bridgehead atoms. The molecule has 1 aromatic carbocycles. The van der Waals surface area contributed by atoms with E-state index in [0.29, 0.717) is 11.8 Å². The molecule has 7 atom stereocenters. The summed E-state index contributed by atoms with van der Waals surface area (Å²) < 4.78 is 13.3. The van der Waals surface area contributed by atoms with Gasteiger partial charge in [0, 0.05) is 41.5 Å². The van der Waals surface area contributed by atoms with E-state index < -0.39 is 11.2 Å². The van der Waals surface area contributed by atoms with Crippen molar-refractivity contribution in [3.63, 3.8) is 0 Å². The SMILES string of the molecule is CCC[C@](C)(O)[C@H]1C[C@@]23CC[C@]1(OC)[C@@H]1Oc4cc(O)cc5c4[C@@]12CCN(C)[C@@H]3C5. The van der Waals surface area contributed by atoms with Crippen LogP contribution in [0, 0.1) is 11.3 Å². The highest BCUT2D eigenvalue weighted by molar-refractivity contribution is 5.61. The maximum atomic E-state index is 11.7. The summed E-state index contributed by atoms with van der Waals surface area (Å²) >= 11 is 0. The Morgan fingerprint density at radius 2 is 2.10 bits per heavy atom. The third-order valence-corrected chi connectivity index (χ3v) is 10.1. The van der Waals surface area contributed by atoms with Gasteiger partial charge in [0.05, 0.1) is 5.60 Å². The van der Waals surface area contributed by atoms with Gasteiger partial charge in [-0.15, -0.1) is 0 Å². The van der Waals surface area contributed by atoms with Gasteiger partial charge in [-0.3, -0.25) is 0 Å². The number of hydrogen-bond donors (Lipinski definition) is 2. The number of piperidine rings is 1. The Balaban J connectivity index is 1.63. The van der Waals surface area contributed by atoms with Gasteiger partial charge in [-0.25, -0.2) is 0 Å². The topological polar surface area (TPSA) is 62.2 Å². The van der Waals surface area contributed by atoms with Gasteiger partial charge in [0.25, 0.3) is 0 Å². The van der Waals surface area contributed by atoms with Gasteiger partial charge < -0.3 is 24.6 Å². The summed E-state index contributed by atoms with van der Waals surface area (Å²) in [4.78, 5) is 2.55. The Labute approximate surface area is 179 Å². The van der Waals surface area contributed by atoms with E-state index in [4.69, 9.17) is 9.47 Å². The number of methoxy groups -OCH3 is 1. The zero-order chi connectivity index (χ0) is 21.1. The number of benzene rings is 1. The van der Waals surface area contributed by atoms with Crippen LogP contribution < -0.4 is 4.74 Å². The largest absolute Gasteiger partial charge is 0.508 e. The van der Waals surface area contributed by atoms with Gasteiger partial charge in [0.1, 0.15) is 23.2 Å². The van der Waals surface area contributed by atoms with Crippen molar-refractivity contribution in [2.45, 2.75) is 87.6 Å². The second kappa shape index (κ2) is 5.73. The summed E-state index contributed by atoms with van der Waals surface area (Å²) in [6.45, 7) is 5.23. The van der Waals surface area contributed by atoms with Gasteiger partial charge in [0.2, 0.25) is 0 Å². The van der Waals surface area contributed by atoms with Crippen molar-refractivity contribution in [2.75, 3.05) is 20.7 Å². The molecule has 6 aliphatic rings. The average molecular weight is 414 g/mol. The Morgan fingerprint density at radius 1 is 1.30 bits per heavy atom. The van der Waals surface area contributed by atoms with Crippen LogP contribution >= 0.6 is 0 Å². The van der Waals surface area contributed by atoms with E-state index in [0.717, 1.165) is 57.2 Å². The van der Waals surface area contributed by atoms with E-state index in [9.17, 15) is 10.2 Å². The molecule has 0 amide bonds. The Morgan fingerprint density at radius 3 is 2.83 bits per heavy atom. The lowest BCUT2D eigenvalue weighted by atomic mass is 9.33. The number of aliphatic hydroxyl groups is 1. The third-order valence-electron chi connectivity index (χ3n) is 10.1. The first-order valence-electron chi connectivity index (χ1n) is 11.8. The molecule has 0 radical (unpaired) electrons. The van der Waals surface area contributed by atoms with Crippen molar-refractivity contribution in [1.29, 1.82) is 0 Å². The van der Waals surface area contributed by atoms with Crippen LogP contribution in [0.2, 0.25) is 0 Å². The van der Waals surface area contributed by atoms with Gasteiger partial charge in [-0.05, 0) is 70.7 Å². The number of likely N-dealkylation sites (tertiary alicyclic amines) is 1. The van der Waals surface area contributed by atoms with Crippen molar-refractivity contribution in [3.8, 4) is 11.5 Å². The molecule has 1 saturated heterocycles. The lowest BCUT2D eigenvalue weighted by Crippen LogP contribution is -2.82. The zero-order valence-electron chi connectivity index (χ0n) is 18.7. The standard InChI is InChI=1S/C25H35NO4/c1-5-6-22(2,28)18-14-23-7-8-25(18,29-4)21-24(23)9-10-26(3)19(23)12-15-11-16(27)13-17(30-21)20(15)24/h11,13,18-19,21,27-28H,5-10,12,14H2,1-4H3/t18-,19-,21-,22+,23-,24+,25-/m1/s1. The van der Waals surface area contributed by atoms with Crippen molar-refractivity contribution in [1.82, 2.24) is 4.90 Å². The number of aromatic hydroxyl groups is 1. The molecule has 3 saturated carbocycles. The first-order valence-corrected chi connectivity index (χ1v) is 11.8. The first-order chi connectivity index (χ1) is 14.3. The van der Waals surface area contributed by atoms with E-state index in [-0.39, 0.29) is 22.9 Å². The molecule has 4 fully saturated rings. The van der Waals surface area contributed by atoms with Crippen molar-refractivity contribution in [2.24, 2.45) is 11.3 Å². The Bertz CT molecular complexity index is 915. The second-order valence-electron chi connectivity index (χ2n) is 11.1. The number of likely N-dealkylation sites (N-methyl/N-ethyl adjacent to an activating group) is 1. The van der Waals surface area contributed by atoms with Crippen LogP contribution in [0.1, 0.15) is 63.5 Å². The second-order valence-corrected chi connectivity index (χ2v) is 11.1. The monoisotopic (exact) mass is 413 g/mol. The molecule has 4 aliphatic carbocycles. The van der Waals surface area contributed by atoms with E-state index >= 15 is 0 Å². The lowest BCUT2D eigenvalue weighted by molar-refractivity contribution is -0.301. The molecular formula is C25H35NO4. The highest BCUT2D eigenvalue weighted by atomic mass is 16.6. The van der Waals surface area contributed by atoms with Crippen LogP contribution in [0.15, 0.2) is 12.1 Å². The summed E-state index contributed by atoms with van der Waals surface area (Å²) in [6, 6.07) is 4.20. The van der Waals surface area contributed by atoms with Gasteiger partial charge >= 0.3 is 0 Å². The minimum Gasteiger partial charge on any atom is -0.508 e. The van der Waals surface area contributed by atoms with Crippen LogP contribution in [0.25, 0.3) is 0 Å². The van der Waals surface area contributed by atoms with E-state index in [1.165, 1.54) is 11.1 Å². The van der Waals surface area contributed by atoms with E-state index in [1.807, 2.05) is 26.2 Å². The molecule has 5 nitrogen and oxygen atoms in total. The van der Waals surface area contributed by atoms with Crippen LogP contribution in [-0.2, 0) is 16.6 Å². The van der Waals surface area contributed by atoms with Crippen LogP contribution in [-0.4, -0.2) is 59.2 Å². The minimum atomic E-state index is -0.785. The number of ether oxygens (including phenoxy) is 2. The maximum absolute atomic E-state index is 11.7. The maximum Gasteiger partial charge on any atom is 0.138 e. The number of phenols is 1. The summed E-state index contributed by atoms with van der Waals surface area (Å²) in [5.74, 6) is 1.20. The number of fused-ring (bicyclic) bond motifs is 2. The quantitative estimate of drug-likeness (QED) is 0.792. The molecule has 0 unspecified atom stereocenters. The Kier molecular flexibility index (Phi) is 3.70. The summed E-state index contributed by atoms with van der Waals surface area (Å²) in [5.41, 5.74) is 1.34. The molecular weight excluding hydrogens is 378 g/mol. The molecule has 5 heteroatoms. The molecule has 2 spiro atoms. The number of hydrogen-bond acceptors (Lipinski definition) is 5. The molecule has 7 rings (SSSR count). The fourth-order valence-corrected chi connectivity index (χ4v) is 9.13. The molecule has 164 valence electrons. The molecule has 30 heavy (non-hydrogen) atoms. The summed E-state index contributed by atoms with van der Waals surface area (Å²) in [6.07, 6.45) is 6.68. The highest BCUT2D eigenvalue weighted by Crippen LogP contribution is 2.77. The molecule has 0 aromatic heterocycles. The molecule has 2 N–H and O–H groups in total. The average Bonchev–Trinajstić information content (AvgIpc) is 3.05. The van der Waals surface area contributed by atoms with E-state index in [2.05, 4.69) is 18.9 Å². The normalized spacial score (nSPS) is 45.0. The number of phenolic OH excluding ortho intramolecular Hbond substituents is 1. The fourth-order valence-electron chi connectivity index (χ4n) is 9.13. The number of nitrogens with zero attached hydrogens (tertiary/aromatic N) is 1. The number of rotatable bonds is 4. The van der Waals surface area contributed by atoms with Crippen molar-refractivity contribution < 1.29 is 19.7 Å².